The van der Waals surface area contributed by atoms with Gasteiger partial charge in [0.1, 0.15) is 11.6 Å². The number of hydrogen-bond donors (Lipinski definition) is 1. The predicted molar refractivity (Wildman–Crippen MR) is 116 cm³/mol. The number of guanidine groups is 1. The van der Waals surface area contributed by atoms with Crippen molar-refractivity contribution in [1.29, 1.82) is 0 Å². The Morgan fingerprint density at radius 2 is 2.04 bits per heavy atom. The van der Waals surface area contributed by atoms with Crippen LogP contribution in [0.3, 0.4) is 0 Å². The third-order valence-electron chi connectivity index (χ3n) is 3.58. The molecule has 0 saturated heterocycles. The Kier molecular flexibility index (Phi) is 10.5. The Bertz CT molecular complexity index is 678. The maximum atomic E-state index is 12.8. The van der Waals surface area contributed by atoms with Crippen LogP contribution in [-0.2, 0) is 6.54 Å². The van der Waals surface area contributed by atoms with Gasteiger partial charge in [-0.2, -0.15) is 0 Å². The van der Waals surface area contributed by atoms with Crippen LogP contribution >= 0.6 is 35.3 Å². The minimum Gasteiger partial charge on any atom is -0.494 e. The molecule has 5 nitrogen and oxygen atoms in total. The molecular weight excluding hydrogens is 466 g/mol. The summed E-state index contributed by atoms with van der Waals surface area (Å²) in [6, 6.07) is 6.09. The third kappa shape index (κ3) is 7.86. The average molecular weight is 492 g/mol. The molecule has 1 aromatic heterocycles. The van der Waals surface area contributed by atoms with Crippen LogP contribution in [0.15, 0.2) is 34.6 Å². The van der Waals surface area contributed by atoms with E-state index in [4.69, 9.17) is 4.74 Å². The van der Waals surface area contributed by atoms with Crippen LogP contribution in [0, 0.1) is 12.7 Å². The van der Waals surface area contributed by atoms with Gasteiger partial charge in [0.05, 0.1) is 23.9 Å². The molecule has 1 aromatic carbocycles. The van der Waals surface area contributed by atoms with Gasteiger partial charge in [-0.3, -0.25) is 4.99 Å². The molecule has 0 aliphatic carbocycles. The van der Waals surface area contributed by atoms with Crippen LogP contribution in [0.1, 0.15) is 23.5 Å². The van der Waals surface area contributed by atoms with Crippen molar-refractivity contribution in [2.75, 3.05) is 27.2 Å². The van der Waals surface area contributed by atoms with Crippen molar-refractivity contribution in [1.82, 2.24) is 15.2 Å². The maximum Gasteiger partial charge on any atom is 0.193 e. The van der Waals surface area contributed by atoms with Gasteiger partial charge in [0.15, 0.2) is 5.96 Å². The van der Waals surface area contributed by atoms with Crippen LogP contribution < -0.4 is 10.1 Å². The smallest absolute Gasteiger partial charge is 0.193 e. The van der Waals surface area contributed by atoms with Crippen molar-refractivity contribution in [3.63, 3.8) is 0 Å². The first-order valence-corrected chi connectivity index (χ1v) is 9.17. The standard InChI is InChI=1S/C18H25FN4OS.HI/c1-14-22-16(13-25-14)12-23(3)18(20-2)21-10-4-5-11-24-17-8-6-15(19)7-9-17;/h6-9,13H,4-5,10-12H2,1-3H3,(H,20,21);1H. The van der Waals surface area contributed by atoms with E-state index in [1.54, 1.807) is 30.5 Å². The Morgan fingerprint density at radius 1 is 1.31 bits per heavy atom. The molecule has 0 aliphatic heterocycles. The highest BCUT2D eigenvalue weighted by molar-refractivity contribution is 14.0. The number of aryl methyl sites for hydroxylation is 1. The first kappa shape index (κ1) is 22.6. The summed E-state index contributed by atoms with van der Waals surface area (Å²) in [5, 5.41) is 6.50. The van der Waals surface area contributed by atoms with Crippen LogP contribution in [0.4, 0.5) is 4.39 Å². The van der Waals surface area contributed by atoms with Gasteiger partial charge < -0.3 is 15.0 Å². The minimum absolute atomic E-state index is 0. The highest BCUT2D eigenvalue weighted by Crippen LogP contribution is 2.11. The molecule has 0 bridgehead atoms. The molecule has 1 heterocycles. The highest BCUT2D eigenvalue weighted by Gasteiger charge is 2.08. The summed E-state index contributed by atoms with van der Waals surface area (Å²) >= 11 is 1.66. The number of halogens is 2. The second-order valence-corrected chi connectivity index (χ2v) is 6.76. The molecule has 2 rings (SSSR count). The molecule has 1 N–H and O–H groups in total. The topological polar surface area (TPSA) is 49.8 Å². The SMILES string of the molecule is CN=C(NCCCCOc1ccc(F)cc1)N(C)Cc1csc(C)n1.I. The van der Waals surface area contributed by atoms with Gasteiger partial charge in [-0.1, -0.05) is 0 Å². The Labute approximate surface area is 175 Å². The zero-order valence-electron chi connectivity index (χ0n) is 15.4. The van der Waals surface area contributed by atoms with Gasteiger partial charge in [-0.05, 0) is 44.0 Å². The van der Waals surface area contributed by atoms with Crippen molar-refractivity contribution in [3.8, 4) is 5.75 Å². The number of aromatic nitrogens is 1. The highest BCUT2D eigenvalue weighted by atomic mass is 127. The van der Waals surface area contributed by atoms with E-state index in [-0.39, 0.29) is 29.8 Å². The lowest BCUT2D eigenvalue weighted by Gasteiger charge is -2.21. The van der Waals surface area contributed by atoms with Gasteiger partial charge in [-0.25, -0.2) is 9.37 Å². The number of benzene rings is 1. The fraction of sp³-hybridized carbons (Fsp3) is 0.444. The molecule has 0 atom stereocenters. The number of hydrogen-bond acceptors (Lipinski definition) is 4. The molecule has 0 spiro atoms. The molecule has 0 amide bonds. The average Bonchev–Trinajstić information content (AvgIpc) is 3.00. The Hall–Kier alpha value is -1.42. The third-order valence-corrected chi connectivity index (χ3v) is 4.40. The molecule has 0 radical (unpaired) electrons. The molecule has 26 heavy (non-hydrogen) atoms. The van der Waals surface area contributed by atoms with E-state index in [0.717, 1.165) is 42.6 Å². The van der Waals surface area contributed by atoms with E-state index < -0.39 is 0 Å². The van der Waals surface area contributed by atoms with Crippen molar-refractivity contribution >= 4 is 41.3 Å². The molecular formula is C18H26FIN4OS. The van der Waals surface area contributed by atoms with Crippen LogP contribution in [0.25, 0.3) is 0 Å². The molecule has 0 fully saturated rings. The Balaban J connectivity index is 0.00000338. The lowest BCUT2D eigenvalue weighted by Crippen LogP contribution is -2.39. The first-order chi connectivity index (χ1) is 12.1. The van der Waals surface area contributed by atoms with E-state index in [9.17, 15) is 4.39 Å². The summed E-state index contributed by atoms with van der Waals surface area (Å²) < 4.78 is 18.4. The van der Waals surface area contributed by atoms with E-state index in [1.165, 1.54) is 12.1 Å². The zero-order valence-corrected chi connectivity index (χ0v) is 18.5. The molecule has 144 valence electrons. The van der Waals surface area contributed by atoms with Gasteiger partial charge in [0, 0.05) is 26.0 Å². The summed E-state index contributed by atoms with van der Waals surface area (Å²) in [6.45, 7) is 4.17. The number of nitrogens with one attached hydrogen (secondary N) is 1. The van der Waals surface area contributed by atoms with Gasteiger partial charge in [-0.15, -0.1) is 35.3 Å². The molecule has 0 unspecified atom stereocenters. The monoisotopic (exact) mass is 492 g/mol. The van der Waals surface area contributed by atoms with Crippen LogP contribution in [-0.4, -0.2) is 43.1 Å². The van der Waals surface area contributed by atoms with E-state index in [0.29, 0.717) is 12.4 Å². The second-order valence-electron chi connectivity index (χ2n) is 5.70. The Morgan fingerprint density at radius 3 is 2.65 bits per heavy atom. The number of ether oxygens (including phenoxy) is 1. The molecule has 0 saturated carbocycles. The molecule has 2 aromatic rings. The van der Waals surface area contributed by atoms with Gasteiger partial charge in [0.2, 0.25) is 0 Å². The van der Waals surface area contributed by atoms with Gasteiger partial charge in [0.25, 0.3) is 0 Å². The maximum absolute atomic E-state index is 12.8. The van der Waals surface area contributed by atoms with Crippen LogP contribution in [0.2, 0.25) is 0 Å². The number of aliphatic imine (C=N–C) groups is 1. The number of rotatable bonds is 8. The summed E-state index contributed by atoms with van der Waals surface area (Å²) in [5.41, 5.74) is 1.06. The zero-order chi connectivity index (χ0) is 18.1. The predicted octanol–water partition coefficient (Wildman–Crippen LogP) is 4.08. The van der Waals surface area contributed by atoms with Crippen molar-refractivity contribution in [2.24, 2.45) is 4.99 Å². The van der Waals surface area contributed by atoms with Crippen LogP contribution in [0.5, 0.6) is 5.75 Å². The van der Waals surface area contributed by atoms with Crippen molar-refractivity contribution < 1.29 is 9.13 Å². The van der Waals surface area contributed by atoms with Crippen molar-refractivity contribution in [3.05, 3.63) is 46.2 Å². The summed E-state index contributed by atoms with van der Waals surface area (Å²) in [7, 11) is 3.78. The number of unbranched alkanes of at least 4 members (excludes halogenated alkanes) is 1. The summed E-state index contributed by atoms with van der Waals surface area (Å²) in [4.78, 5) is 10.8. The fourth-order valence-electron chi connectivity index (χ4n) is 2.33. The second kappa shape index (κ2) is 12.1. The fourth-order valence-corrected chi connectivity index (χ4v) is 2.94. The largest absolute Gasteiger partial charge is 0.494 e. The quantitative estimate of drug-likeness (QED) is 0.261. The lowest BCUT2D eigenvalue weighted by atomic mass is 10.3. The van der Waals surface area contributed by atoms with E-state index in [1.807, 2.05) is 14.0 Å². The molecule has 8 heteroatoms. The minimum atomic E-state index is -0.250. The normalized spacial score (nSPS) is 11.0. The van der Waals surface area contributed by atoms with Crippen molar-refractivity contribution in [2.45, 2.75) is 26.3 Å². The number of nitrogens with zero attached hydrogens (tertiary/aromatic N) is 3. The first-order valence-electron chi connectivity index (χ1n) is 8.29. The van der Waals surface area contributed by atoms with E-state index in [2.05, 4.69) is 25.6 Å². The van der Waals surface area contributed by atoms with Gasteiger partial charge >= 0.3 is 0 Å². The van der Waals surface area contributed by atoms with E-state index >= 15 is 0 Å². The number of thiazole rings is 1. The molecule has 0 aliphatic rings. The lowest BCUT2D eigenvalue weighted by molar-refractivity contribution is 0.306. The summed E-state index contributed by atoms with van der Waals surface area (Å²) in [5.74, 6) is 1.30. The summed E-state index contributed by atoms with van der Waals surface area (Å²) in [6.07, 6.45) is 1.88.